The lowest BCUT2D eigenvalue weighted by atomic mass is 9.87. The summed E-state index contributed by atoms with van der Waals surface area (Å²) in [5.74, 6) is 2.31. The third-order valence-electron chi connectivity index (χ3n) is 6.86. The average Bonchev–Trinajstić information content (AvgIpc) is 3.55. The van der Waals surface area contributed by atoms with Crippen LogP contribution in [-0.2, 0) is 30.9 Å². The Morgan fingerprint density at radius 2 is 1.97 bits per heavy atom. The molecule has 8 bridgehead atoms. The van der Waals surface area contributed by atoms with Gasteiger partial charge in [-0.15, -0.1) is 10.2 Å². The molecule has 3 aliphatic heterocycles. The molecule has 5 heterocycles. The number of ether oxygens (including phenoxy) is 2. The number of benzene rings is 2. The maximum atomic E-state index is 13.5. The highest BCUT2D eigenvalue weighted by Gasteiger charge is 2.32. The van der Waals surface area contributed by atoms with Gasteiger partial charge in [-0.1, -0.05) is 23.4 Å². The van der Waals surface area contributed by atoms with Gasteiger partial charge < -0.3 is 14.4 Å². The molecule has 0 saturated carbocycles. The number of nitrogens with zero attached hydrogens (tertiary/aromatic N) is 8. The molecule has 0 aliphatic carbocycles. The fourth-order valence-electron chi connectivity index (χ4n) is 4.98. The zero-order valence-electron chi connectivity index (χ0n) is 20.7. The molecule has 1 unspecified atom stereocenters. The van der Waals surface area contributed by atoms with Crippen LogP contribution in [0.25, 0.3) is 0 Å². The molecule has 0 fully saturated rings. The molecule has 4 aromatic rings. The highest BCUT2D eigenvalue weighted by Crippen LogP contribution is 2.38. The maximum absolute atomic E-state index is 13.5. The minimum Gasteiger partial charge on any atom is -0.494 e. The van der Waals surface area contributed by atoms with Crippen LogP contribution in [0.15, 0.2) is 48.7 Å². The number of aryl methyl sites for hydroxylation is 3. The molecular weight excluding hydrogens is 472 g/mol. The van der Waals surface area contributed by atoms with Crippen molar-refractivity contribution < 1.29 is 14.3 Å². The minimum atomic E-state index is -0.224. The molecule has 0 N–H and O–H groups in total. The number of rotatable bonds is 3. The van der Waals surface area contributed by atoms with Crippen molar-refractivity contribution >= 4 is 5.91 Å². The van der Waals surface area contributed by atoms with E-state index in [-0.39, 0.29) is 11.9 Å². The quantitative estimate of drug-likeness (QED) is 0.422. The van der Waals surface area contributed by atoms with Gasteiger partial charge in [0.2, 0.25) is 5.91 Å². The average molecular weight is 501 g/mol. The molecular formula is C26H28N8O3. The van der Waals surface area contributed by atoms with Gasteiger partial charge >= 0.3 is 0 Å². The summed E-state index contributed by atoms with van der Waals surface area (Å²) in [6.07, 6.45) is 3.76. The van der Waals surface area contributed by atoms with Gasteiger partial charge in [0.25, 0.3) is 0 Å². The molecule has 11 heteroatoms. The molecule has 11 nitrogen and oxygen atoms in total. The maximum Gasteiger partial charge on any atom is 0.225 e. The van der Waals surface area contributed by atoms with Crippen LogP contribution in [-0.4, -0.2) is 59.2 Å². The number of carbonyl (C=O) groups is 1. The van der Waals surface area contributed by atoms with Gasteiger partial charge in [-0.05, 0) is 64.7 Å². The first-order valence-corrected chi connectivity index (χ1v) is 12.5. The molecule has 2 aromatic carbocycles. The predicted molar refractivity (Wildman–Crippen MR) is 132 cm³/mol. The van der Waals surface area contributed by atoms with Crippen LogP contribution >= 0.6 is 0 Å². The van der Waals surface area contributed by atoms with Crippen molar-refractivity contribution in [2.45, 2.75) is 51.9 Å². The first-order chi connectivity index (χ1) is 18.1. The summed E-state index contributed by atoms with van der Waals surface area (Å²) in [6, 6.07) is 13.9. The molecule has 0 saturated heterocycles. The van der Waals surface area contributed by atoms with Crippen molar-refractivity contribution in [2.75, 3.05) is 13.2 Å². The van der Waals surface area contributed by atoms with Crippen molar-refractivity contribution in [3.05, 3.63) is 76.9 Å². The van der Waals surface area contributed by atoms with E-state index in [2.05, 4.69) is 44.0 Å². The summed E-state index contributed by atoms with van der Waals surface area (Å²) in [6.45, 7) is 4.48. The number of fused-ring (bicyclic) bond motifs is 5. The van der Waals surface area contributed by atoms with Crippen molar-refractivity contribution in [1.82, 2.24) is 40.1 Å². The summed E-state index contributed by atoms with van der Waals surface area (Å²) in [4.78, 5) is 15.5. The van der Waals surface area contributed by atoms with E-state index in [9.17, 15) is 4.79 Å². The van der Waals surface area contributed by atoms with Gasteiger partial charge in [0.05, 0.1) is 25.4 Å². The van der Waals surface area contributed by atoms with Gasteiger partial charge in [-0.25, -0.2) is 4.68 Å². The van der Waals surface area contributed by atoms with Crippen LogP contribution in [0.4, 0.5) is 0 Å². The Morgan fingerprint density at radius 1 is 1.05 bits per heavy atom. The summed E-state index contributed by atoms with van der Waals surface area (Å²) in [7, 11) is 0. The third kappa shape index (κ3) is 4.89. The molecule has 37 heavy (non-hydrogen) atoms. The molecule has 0 spiro atoms. The molecule has 1 amide bonds. The molecule has 0 radical (unpaired) electrons. The molecule has 2 aromatic heterocycles. The van der Waals surface area contributed by atoms with Gasteiger partial charge in [0.15, 0.2) is 0 Å². The van der Waals surface area contributed by atoms with Crippen LogP contribution < -0.4 is 9.47 Å². The lowest BCUT2D eigenvalue weighted by Crippen LogP contribution is -2.41. The Balaban J connectivity index is 1.33. The number of amides is 1. The highest BCUT2D eigenvalue weighted by molar-refractivity contribution is 5.78. The van der Waals surface area contributed by atoms with E-state index in [1.165, 1.54) is 5.56 Å². The predicted octanol–water partition coefficient (Wildman–Crippen LogP) is 2.50. The van der Waals surface area contributed by atoms with E-state index in [4.69, 9.17) is 9.47 Å². The van der Waals surface area contributed by atoms with Crippen LogP contribution in [0.3, 0.4) is 0 Å². The normalized spacial score (nSPS) is 17.1. The Labute approximate surface area is 214 Å². The summed E-state index contributed by atoms with van der Waals surface area (Å²) >= 11 is 0. The number of aromatic nitrogens is 7. The Hall–Kier alpha value is -4.28. The first kappa shape index (κ1) is 23.1. The van der Waals surface area contributed by atoms with Gasteiger partial charge in [-0.3, -0.25) is 9.48 Å². The van der Waals surface area contributed by atoms with Gasteiger partial charge in [0, 0.05) is 25.9 Å². The third-order valence-corrected chi connectivity index (χ3v) is 6.86. The molecule has 3 aliphatic rings. The zero-order chi connectivity index (χ0) is 25.2. The van der Waals surface area contributed by atoms with Crippen molar-refractivity contribution in [2.24, 2.45) is 0 Å². The highest BCUT2D eigenvalue weighted by atomic mass is 16.5. The van der Waals surface area contributed by atoms with E-state index in [0.29, 0.717) is 45.1 Å². The lowest BCUT2D eigenvalue weighted by Gasteiger charge is -2.38. The Morgan fingerprint density at radius 3 is 2.86 bits per heavy atom. The molecule has 190 valence electrons. The fraction of sp³-hybridized carbons (Fsp3) is 0.385. The van der Waals surface area contributed by atoms with Gasteiger partial charge in [0.1, 0.15) is 29.6 Å². The van der Waals surface area contributed by atoms with E-state index >= 15 is 0 Å². The second-order valence-corrected chi connectivity index (χ2v) is 9.34. The largest absolute Gasteiger partial charge is 0.494 e. The second kappa shape index (κ2) is 10.00. The summed E-state index contributed by atoms with van der Waals surface area (Å²) in [5.41, 5.74) is 4.06. The Bertz CT molecular complexity index is 1410. The van der Waals surface area contributed by atoms with E-state index in [1.54, 1.807) is 4.68 Å². The monoisotopic (exact) mass is 500 g/mol. The van der Waals surface area contributed by atoms with E-state index in [1.807, 2.05) is 47.0 Å². The standard InChI is InChI=1S/C26H28N8O3/c1-18-27-29-31-34(18)12-9-25(35)33-11-8-19-14-23-6-7-24(19)26(33)20-4-2-5-22(15-20)36-13-3-10-32-16-21(17-37-23)28-30-32/h2,4-7,14-16,26H,3,8-13,17H2,1H3. The number of hydrogen-bond acceptors (Lipinski definition) is 8. The van der Waals surface area contributed by atoms with Crippen LogP contribution in [0.2, 0.25) is 0 Å². The lowest BCUT2D eigenvalue weighted by molar-refractivity contribution is -0.133. The summed E-state index contributed by atoms with van der Waals surface area (Å²) < 4.78 is 15.6. The van der Waals surface area contributed by atoms with Crippen LogP contribution in [0.5, 0.6) is 11.5 Å². The number of hydrogen-bond donors (Lipinski definition) is 0. The van der Waals surface area contributed by atoms with Crippen LogP contribution in [0.1, 0.15) is 47.1 Å². The minimum absolute atomic E-state index is 0.0606. The van der Waals surface area contributed by atoms with Gasteiger partial charge in [-0.2, -0.15) is 0 Å². The number of tetrazole rings is 1. The van der Waals surface area contributed by atoms with E-state index < -0.39 is 0 Å². The van der Waals surface area contributed by atoms with E-state index in [0.717, 1.165) is 41.2 Å². The number of carbonyl (C=O) groups excluding carboxylic acids is 1. The topological polar surface area (TPSA) is 113 Å². The molecule has 7 rings (SSSR count). The van der Waals surface area contributed by atoms with Crippen molar-refractivity contribution in [3.8, 4) is 11.5 Å². The van der Waals surface area contributed by atoms with Crippen molar-refractivity contribution in [1.29, 1.82) is 0 Å². The Kier molecular flexibility index (Phi) is 6.25. The smallest absolute Gasteiger partial charge is 0.225 e. The first-order valence-electron chi connectivity index (χ1n) is 12.5. The molecule has 1 atom stereocenters. The zero-order valence-corrected chi connectivity index (χ0v) is 20.7. The fourth-order valence-corrected chi connectivity index (χ4v) is 4.98. The van der Waals surface area contributed by atoms with Crippen molar-refractivity contribution in [3.63, 3.8) is 0 Å². The SMILES string of the molecule is Cc1nnnn1CCC(=O)N1CCc2cc3ccc2C1c1cccc(c1)OCCCn1cc(nn1)CO3. The van der Waals surface area contributed by atoms with Crippen LogP contribution in [0, 0.1) is 6.92 Å². The summed E-state index contributed by atoms with van der Waals surface area (Å²) in [5, 5.41) is 20.0. The second-order valence-electron chi connectivity index (χ2n) is 9.34.